The van der Waals surface area contributed by atoms with E-state index in [9.17, 15) is 18.0 Å². The highest BCUT2D eigenvalue weighted by Gasteiger charge is 2.25. The van der Waals surface area contributed by atoms with Crippen molar-refractivity contribution in [2.24, 2.45) is 0 Å². The Hall–Kier alpha value is -2.97. The molecule has 0 atom stereocenters. The summed E-state index contributed by atoms with van der Waals surface area (Å²) in [5.74, 6) is -0.696. The number of nitrogens with zero attached hydrogens (tertiary/aromatic N) is 1. The third kappa shape index (κ3) is 3.94. The molecular weight excluding hydrogens is 392 g/mol. The normalized spacial score (nSPS) is 15.3. The molecule has 1 aliphatic rings. The van der Waals surface area contributed by atoms with Gasteiger partial charge in [-0.25, -0.2) is 8.42 Å². The topological polar surface area (TPSA) is 96.7 Å². The highest BCUT2D eigenvalue weighted by molar-refractivity contribution is 7.89. The Balaban J connectivity index is 1.53. The standard InChI is InChI=1S/C21H20N2O5S/c24-18-14-20(28-19-7-3-2-6-17(18)19)21(25)22-15-8-10-16(11-9-15)29(26,27)23-12-4-1-5-13-23/h2-3,6-11,14H,1,4-5,12-13H2,(H,22,25). The van der Waals surface area contributed by atoms with Gasteiger partial charge in [0.2, 0.25) is 10.0 Å². The van der Waals surface area contributed by atoms with Crippen LogP contribution in [0.5, 0.6) is 0 Å². The van der Waals surface area contributed by atoms with E-state index in [0.717, 1.165) is 25.3 Å². The fourth-order valence-corrected chi connectivity index (χ4v) is 4.89. The summed E-state index contributed by atoms with van der Waals surface area (Å²) < 4.78 is 32.4. The van der Waals surface area contributed by atoms with Crippen molar-refractivity contribution in [2.75, 3.05) is 18.4 Å². The van der Waals surface area contributed by atoms with Crippen LogP contribution >= 0.6 is 0 Å². The van der Waals surface area contributed by atoms with Gasteiger partial charge in [0.1, 0.15) is 5.58 Å². The lowest BCUT2D eigenvalue weighted by molar-refractivity contribution is 0.0997. The van der Waals surface area contributed by atoms with Crippen LogP contribution in [0.4, 0.5) is 5.69 Å². The number of benzene rings is 2. The summed E-state index contributed by atoms with van der Waals surface area (Å²) in [5.41, 5.74) is 0.427. The maximum atomic E-state index is 12.7. The number of para-hydroxylation sites is 1. The number of carbonyl (C=O) groups is 1. The molecule has 2 aromatic carbocycles. The molecule has 1 N–H and O–H groups in total. The summed E-state index contributed by atoms with van der Waals surface area (Å²) in [4.78, 5) is 24.8. The maximum Gasteiger partial charge on any atom is 0.291 e. The van der Waals surface area contributed by atoms with Gasteiger partial charge in [0, 0.05) is 24.8 Å². The Morgan fingerprint density at radius 2 is 1.66 bits per heavy atom. The first-order valence-electron chi connectivity index (χ1n) is 9.40. The van der Waals surface area contributed by atoms with Crippen LogP contribution in [0.25, 0.3) is 11.0 Å². The van der Waals surface area contributed by atoms with E-state index in [4.69, 9.17) is 4.42 Å². The molecule has 1 fully saturated rings. The molecule has 0 spiro atoms. The minimum Gasteiger partial charge on any atom is -0.451 e. The quantitative estimate of drug-likeness (QED) is 0.710. The minimum absolute atomic E-state index is 0.112. The van der Waals surface area contributed by atoms with E-state index in [1.165, 1.54) is 28.6 Å². The fraction of sp³-hybridized carbons (Fsp3) is 0.238. The third-order valence-electron chi connectivity index (χ3n) is 4.92. The molecule has 7 nitrogen and oxygen atoms in total. The van der Waals surface area contributed by atoms with Crippen molar-refractivity contribution in [3.8, 4) is 0 Å². The first kappa shape index (κ1) is 19.4. The highest BCUT2D eigenvalue weighted by Crippen LogP contribution is 2.22. The molecule has 3 aromatic rings. The van der Waals surface area contributed by atoms with E-state index in [2.05, 4.69) is 5.32 Å². The zero-order valence-electron chi connectivity index (χ0n) is 15.6. The first-order chi connectivity index (χ1) is 13.9. The number of hydrogen-bond donors (Lipinski definition) is 1. The zero-order valence-corrected chi connectivity index (χ0v) is 16.4. The number of hydrogen-bond acceptors (Lipinski definition) is 5. The molecule has 0 radical (unpaired) electrons. The lowest BCUT2D eigenvalue weighted by Crippen LogP contribution is -2.35. The molecule has 29 heavy (non-hydrogen) atoms. The molecule has 4 rings (SSSR count). The second-order valence-electron chi connectivity index (χ2n) is 6.91. The summed E-state index contributed by atoms with van der Waals surface area (Å²) in [6.07, 6.45) is 2.77. The summed E-state index contributed by atoms with van der Waals surface area (Å²) in [7, 11) is -3.53. The molecule has 2 heterocycles. The number of amides is 1. The number of rotatable bonds is 4. The van der Waals surface area contributed by atoms with Crippen molar-refractivity contribution in [3.63, 3.8) is 0 Å². The van der Waals surface area contributed by atoms with Crippen LogP contribution in [-0.4, -0.2) is 31.7 Å². The molecule has 1 aromatic heterocycles. The number of fused-ring (bicyclic) bond motifs is 1. The van der Waals surface area contributed by atoms with Crippen molar-refractivity contribution in [1.82, 2.24) is 4.31 Å². The average Bonchev–Trinajstić information content (AvgIpc) is 2.75. The second kappa shape index (κ2) is 7.81. The Bertz CT molecular complexity index is 1210. The van der Waals surface area contributed by atoms with Crippen LogP contribution in [0.3, 0.4) is 0 Å². The van der Waals surface area contributed by atoms with Gasteiger partial charge in [0.15, 0.2) is 11.2 Å². The van der Waals surface area contributed by atoms with Crippen molar-refractivity contribution in [2.45, 2.75) is 24.2 Å². The Labute approximate surface area is 168 Å². The highest BCUT2D eigenvalue weighted by atomic mass is 32.2. The number of carbonyl (C=O) groups excluding carboxylic acids is 1. The molecule has 0 bridgehead atoms. The molecule has 1 saturated heterocycles. The van der Waals surface area contributed by atoms with Gasteiger partial charge in [0.25, 0.3) is 5.91 Å². The Kier molecular flexibility index (Phi) is 5.21. The summed E-state index contributed by atoms with van der Waals surface area (Å²) in [5, 5.41) is 3.03. The summed E-state index contributed by atoms with van der Waals surface area (Å²) in [6.45, 7) is 1.06. The van der Waals surface area contributed by atoms with Gasteiger partial charge in [-0.15, -0.1) is 0 Å². The largest absolute Gasteiger partial charge is 0.451 e. The van der Waals surface area contributed by atoms with Crippen LogP contribution in [-0.2, 0) is 10.0 Å². The molecule has 8 heteroatoms. The van der Waals surface area contributed by atoms with Gasteiger partial charge in [0.05, 0.1) is 10.3 Å². The van der Waals surface area contributed by atoms with Gasteiger partial charge >= 0.3 is 0 Å². The van der Waals surface area contributed by atoms with Crippen LogP contribution in [0.1, 0.15) is 29.8 Å². The lowest BCUT2D eigenvalue weighted by atomic mass is 10.2. The predicted octanol–water partition coefficient (Wildman–Crippen LogP) is 3.22. The SMILES string of the molecule is O=C(Nc1ccc(S(=O)(=O)N2CCCCC2)cc1)c1cc(=O)c2ccccc2o1. The Morgan fingerprint density at radius 1 is 0.966 bits per heavy atom. The van der Waals surface area contributed by atoms with Crippen LogP contribution in [0, 0.1) is 0 Å². The van der Waals surface area contributed by atoms with Crippen LogP contribution in [0.15, 0.2) is 68.7 Å². The summed E-state index contributed by atoms with van der Waals surface area (Å²) >= 11 is 0. The van der Waals surface area contributed by atoms with Crippen molar-refractivity contribution < 1.29 is 17.6 Å². The van der Waals surface area contributed by atoms with Crippen molar-refractivity contribution in [1.29, 1.82) is 0 Å². The van der Waals surface area contributed by atoms with E-state index in [1.807, 2.05) is 0 Å². The van der Waals surface area contributed by atoms with Gasteiger partial charge in [-0.3, -0.25) is 9.59 Å². The molecule has 150 valence electrons. The number of piperidine rings is 1. The lowest BCUT2D eigenvalue weighted by Gasteiger charge is -2.25. The van der Waals surface area contributed by atoms with Gasteiger partial charge in [-0.1, -0.05) is 18.6 Å². The zero-order chi connectivity index (χ0) is 20.4. The van der Waals surface area contributed by atoms with E-state index in [0.29, 0.717) is 29.7 Å². The average molecular weight is 412 g/mol. The van der Waals surface area contributed by atoms with Gasteiger partial charge in [-0.05, 0) is 49.2 Å². The van der Waals surface area contributed by atoms with Crippen molar-refractivity contribution >= 4 is 32.6 Å². The number of nitrogens with one attached hydrogen (secondary N) is 1. The van der Waals surface area contributed by atoms with Crippen LogP contribution in [0.2, 0.25) is 0 Å². The van der Waals surface area contributed by atoms with E-state index >= 15 is 0 Å². The molecule has 0 saturated carbocycles. The van der Waals surface area contributed by atoms with Crippen molar-refractivity contribution in [3.05, 3.63) is 70.6 Å². The first-order valence-corrected chi connectivity index (χ1v) is 10.8. The number of anilines is 1. The second-order valence-corrected chi connectivity index (χ2v) is 8.85. The molecule has 1 amide bonds. The maximum absolute atomic E-state index is 12.7. The van der Waals surface area contributed by atoms with Gasteiger partial charge in [-0.2, -0.15) is 4.31 Å². The van der Waals surface area contributed by atoms with Gasteiger partial charge < -0.3 is 9.73 Å². The monoisotopic (exact) mass is 412 g/mol. The molecular formula is C21H20N2O5S. The minimum atomic E-state index is -3.53. The van der Waals surface area contributed by atoms with Crippen LogP contribution < -0.4 is 10.7 Å². The molecule has 0 aliphatic carbocycles. The predicted molar refractivity (Wildman–Crippen MR) is 109 cm³/mol. The molecule has 0 unspecified atom stereocenters. The van der Waals surface area contributed by atoms with E-state index in [1.54, 1.807) is 24.3 Å². The van der Waals surface area contributed by atoms with E-state index in [-0.39, 0.29) is 16.1 Å². The fourth-order valence-electron chi connectivity index (χ4n) is 3.37. The Morgan fingerprint density at radius 3 is 2.38 bits per heavy atom. The van der Waals surface area contributed by atoms with E-state index < -0.39 is 15.9 Å². The summed E-state index contributed by atoms with van der Waals surface area (Å²) in [6, 6.07) is 13.8. The third-order valence-corrected chi connectivity index (χ3v) is 6.84. The number of sulfonamides is 1. The smallest absolute Gasteiger partial charge is 0.291 e. The molecule has 1 aliphatic heterocycles.